The minimum atomic E-state index is -0.628. The van der Waals surface area contributed by atoms with E-state index in [1.807, 2.05) is 0 Å². The first-order chi connectivity index (χ1) is 4.42. The zero-order valence-corrected chi connectivity index (χ0v) is 9.78. The molecule has 0 rings (SSSR count). The van der Waals surface area contributed by atoms with Crippen LogP contribution in [0.1, 0.15) is 12.8 Å². The number of hydrogen-bond acceptors (Lipinski definition) is 2. The Bertz CT molecular complexity index is 123. The van der Waals surface area contributed by atoms with Crippen LogP contribution in [-0.2, 0) is 0 Å². The van der Waals surface area contributed by atoms with Crippen LogP contribution in [0.5, 0.6) is 0 Å². The van der Waals surface area contributed by atoms with E-state index in [-0.39, 0.29) is 2.14 Å². The van der Waals surface area contributed by atoms with Gasteiger partial charge < -0.3 is 10.2 Å². The van der Waals surface area contributed by atoms with E-state index >= 15 is 0 Å². The second-order valence-corrected chi connectivity index (χ2v) is 8.97. The number of rotatable bonds is 2. The second-order valence-electron chi connectivity index (χ2n) is 1.72. The van der Waals surface area contributed by atoms with Crippen LogP contribution in [0.15, 0.2) is 12.0 Å². The lowest BCUT2D eigenvalue weighted by Gasteiger charge is -2.08. The molecule has 0 aliphatic rings. The topological polar surface area (TPSA) is 40.5 Å². The van der Waals surface area contributed by atoms with Gasteiger partial charge in [-0.05, 0) is 18.9 Å². The third-order valence-electron chi connectivity index (χ3n) is 0.755. The maximum atomic E-state index is 8.32. The molecule has 0 aromatic carbocycles. The van der Waals surface area contributed by atoms with Crippen LogP contribution in [0.4, 0.5) is 0 Å². The SMILES string of the molecule is OC(O)=CCCC(Br)(Br)Br. The molecule has 0 aromatic heterocycles. The Hall–Kier alpha value is 0.780. The van der Waals surface area contributed by atoms with Crippen molar-refractivity contribution in [2.24, 2.45) is 0 Å². The zero-order chi connectivity index (χ0) is 8.20. The van der Waals surface area contributed by atoms with Crippen LogP contribution in [-0.4, -0.2) is 12.4 Å². The molecule has 0 saturated carbocycles. The highest BCUT2D eigenvalue weighted by molar-refractivity contribution is 9.39. The molecule has 0 aliphatic heterocycles. The lowest BCUT2D eigenvalue weighted by molar-refractivity contribution is 0.189. The van der Waals surface area contributed by atoms with Crippen molar-refractivity contribution in [1.82, 2.24) is 0 Å². The predicted molar refractivity (Wildman–Crippen MR) is 52.1 cm³/mol. The predicted octanol–water partition coefficient (Wildman–Crippen LogP) is 3.56. The van der Waals surface area contributed by atoms with Crippen LogP contribution in [0.3, 0.4) is 0 Å². The van der Waals surface area contributed by atoms with Gasteiger partial charge in [0.25, 0.3) is 5.95 Å². The van der Waals surface area contributed by atoms with E-state index in [2.05, 4.69) is 47.8 Å². The quantitative estimate of drug-likeness (QED) is 0.597. The molecule has 0 atom stereocenters. The number of allylic oxidation sites excluding steroid dienone is 1. The fourth-order valence-corrected chi connectivity index (χ4v) is 1.05. The molecule has 10 heavy (non-hydrogen) atoms. The molecular weight excluding hydrogens is 332 g/mol. The van der Waals surface area contributed by atoms with E-state index in [1.165, 1.54) is 6.08 Å². The molecule has 0 aliphatic carbocycles. The third kappa shape index (κ3) is 8.78. The first kappa shape index (κ1) is 10.8. The molecule has 0 fully saturated rings. The minimum Gasteiger partial charge on any atom is -0.481 e. The van der Waals surface area contributed by atoms with Crippen molar-refractivity contribution in [1.29, 1.82) is 0 Å². The number of halogens is 3. The molecule has 0 amide bonds. The standard InChI is InChI=1S/C5H7Br3O2/c6-5(7,8)3-1-2-4(9)10/h2,9-10H,1,3H2. The van der Waals surface area contributed by atoms with Crippen molar-refractivity contribution in [2.75, 3.05) is 0 Å². The first-order valence-corrected chi connectivity index (χ1v) is 4.94. The van der Waals surface area contributed by atoms with Crippen LogP contribution < -0.4 is 0 Å². The molecule has 0 bridgehead atoms. The molecule has 5 heteroatoms. The average Bonchev–Trinajstić information content (AvgIpc) is 1.59. The summed E-state index contributed by atoms with van der Waals surface area (Å²) in [7, 11) is 0. The molecule has 0 heterocycles. The van der Waals surface area contributed by atoms with Gasteiger partial charge in [-0.25, -0.2) is 0 Å². The third-order valence-corrected chi connectivity index (χ3v) is 1.94. The fourth-order valence-electron chi connectivity index (χ4n) is 0.365. The molecule has 0 saturated heterocycles. The number of aliphatic hydroxyl groups is 2. The minimum absolute atomic E-state index is 0.293. The van der Waals surface area contributed by atoms with E-state index in [0.717, 1.165) is 6.42 Å². The van der Waals surface area contributed by atoms with E-state index in [0.29, 0.717) is 6.42 Å². The van der Waals surface area contributed by atoms with Crippen LogP contribution in [0.25, 0.3) is 0 Å². The van der Waals surface area contributed by atoms with E-state index in [1.54, 1.807) is 0 Å². The Morgan fingerprint density at radius 1 is 1.30 bits per heavy atom. The summed E-state index contributed by atoms with van der Waals surface area (Å²) in [6.07, 6.45) is 2.64. The van der Waals surface area contributed by atoms with Crippen LogP contribution >= 0.6 is 47.8 Å². The van der Waals surface area contributed by atoms with Gasteiger partial charge >= 0.3 is 0 Å². The lowest BCUT2D eigenvalue weighted by atomic mass is 10.3. The first-order valence-electron chi connectivity index (χ1n) is 2.56. The number of alkyl halides is 3. The summed E-state index contributed by atoms with van der Waals surface area (Å²) in [5.74, 6) is -0.628. The fraction of sp³-hybridized carbons (Fsp3) is 0.600. The van der Waals surface area contributed by atoms with Crippen molar-refractivity contribution in [3.8, 4) is 0 Å². The van der Waals surface area contributed by atoms with Gasteiger partial charge in [0.2, 0.25) is 0 Å². The van der Waals surface area contributed by atoms with Gasteiger partial charge in [-0.2, -0.15) is 0 Å². The highest BCUT2D eigenvalue weighted by Crippen LogP contribution is 2.38. The highest BCUT2D eigenvalue weighted by atomic mass is 80.0. The Labute approximate surface area is 84.7 Å². The molecule has 0 radical (unpaired) electrons. The molecular formula is C5H7Br3O2. The van der Waals surface area contributed by atoms with Gasteiger partial charge in [0.05, 0.1) is 0 Å². The summed E-state index contributed by atoms with van der Waals surface area (Å²) in [5.41, 5.74) is 0. The van der Waals surface area contributed by atoms with E-state index in [9.17, 15) is 0 Å². The van der Waals surface area contributed by atoms with Crippen molar-refractivity contribution in [2.45, 2.75) is 15.0 Å². The summed E-state index contributed by atoms with van der Waals surface area (Å²) < 4.78 is -0.293. The summed E-state index contributed by atoms with van der Waals surface area (Å²) in [5, 5.41) is 16.6. The Kier molecular flexibility index (Phi) is 4.98. The maximum absolute atomic E-state index is 8.32. The molecule has 2 nitrogen and oxygen atoms in total. The van der Waals surface area contributed by atoms with E-state index in [4.69, 9.17) is 10.2 Å². The van der Waals surface area contributed by atoms with Crippen molar-refractivity contribution < 1.29 is 10.2 Å². The van der Waals surface area contributed by atoms with Gasteiger partial charge in [0.15, 0.2) is 0 Å². The number of aliphatic hydroxyl groups excluding tert-OH is 1. The van der Waals surface area contributed by atoms with Crippen molar-refractivity contribution in [3.05, 3.63) is 12.0 Å². The summed E-state index contributed by atoms with van der Waals surface area (Å²) in [6.45, 7) is 0. The van der Waals surface area contributed by atoms with E-state index < -0.39 is 5.95 Å². The van der Waals surface area contributed by atoms with Crippen LogP contribution in [0, 0.1) is 0 Å². The maximum Gasteiger partial charge on any atom is 0.269 e. The smallest absolute Gasteiger partial charge is 0.269 e. The number of hydrogen-bond donors (Lipinski definition) is 2. The normalized spacial score (nSPS) is 11.1. The Balaban J connectivity index is 3.47. The summed E-state index contributed by atoms with van der Waals surface area (Å²) in [4.78, 5) is 0. The van der Waals surface area contributed by atoms with Gasteiger partial charge in [0.1, 0.15) is 2.14 Å². The lowest BCUT2D eigenvalue weighted by Crippen LogP contribution is -1.97. The molecule has 0 spiro atoms. The van der Waals surface area contributed by atoms with Gasteiger partial charge in [-0.1, -0.05) is 47.8 Å². The van der Waals surface area contributed by atoms with Gasteiger partial charge in [-0.3, -0.25) is 0 Å². The Morgan fingerprint density at radius 3 is 2.10 bits per heavy atom. The van der Waals surface area contributed by atoms with Crippen molar-refractivity contribution in [3.63, 3.8) is 0 Å². The molecule has 0 unspecified atom stereocenters. The van der Waals surface area contributed by atoms with Gasteiger partial charge in [0, 0.05) is 0 Å². The molecule has 0 aromatic rings. The van der Waals surface area contributed by atoms with Gasteiger partial charge in [-0.15, -0.1) is 0 Å². The average molecular weight is 339 g/mol. The largest absolute Gasteiger partial charge is 0.481 e. The second kappa shape index (κ2) is 4.62. The van der Waals surface area contributed by atoms with Crippen LogP contribution in [0.2, 0.25) is 0 Å². The van der Waals surface area contributed by atoms with Crippen molar-refractivity contribution >= 4 is 47.8 Å². The summed E-state index contributed by atoms with van der Waals surface area (Å²) in [6, 6.07) is 0. The monoisotopic (exact) mass is 336 g/mol. The molecule has 60 valence electrons. The Morgan fingerprint density at radius 2 is 1.80 bits per heavy atom. The summed E-state index contributed by atoms with van der Waals surface area (Å²) >= 11 is 9.81. The molecule has 2 N–H and O–H groups in total. The zero-order valence-electron chi connectivity index (χ0n) is 5.02. The highest BCUT2D eigenvalue weighted by Gasteiger charge is 2.15.